The summed E-state index contributed by atoms with van der Waals surface area (Å²) in [5.74, 6) is 1.66. The predicted octanol–water partition coefficient (Wildman–Crippen LogP) is 2.97. The fraction of sp³-hybridized carbons (Fsp3) is 0.632. The quantitative estimate of drug-likeness (QED) is 0.833. The minimum Gasteiger partial charge on any atom is -0.493 e. The van der Waals surface area contributed by atoms with Crippen LogP contribution in [0, 0.1) is 0 Å². The molecule has 1 heterocycles. The summed E-state index contributed by atoms with van der Waals surface area (Å²) in [4.78, 5) is 13.6. The Morgan fingerprint density at radius 1 is 1.33 bits per heavy atom. The van der Waals surface area contributed by atoms with Crippen LogP contribution in [0.5, 0.6) is 11.5 Å². The number of piperidine rings is 1. The lowest BCUT2D eigenvalue weighted by atomic mass is 10.0. The fourth-order valence-corrected chi connectivity index (χ4v) is 2.99. The summed E-state index contributed by atoms with van der Waals surface area (Å²) in [6, 6.07) is 6.50. The summed E-state index contributed by atoms with van der Waals surface area (Å²) in [6.45, 7) is 8.65. The summed E-state index contributed by atoms with van der Waals surface area (Å²) in [5, 5.41) is 3.01. The van der Waals surface area contributed by atoms with Crippen LogP contribution in [0.2, 0.25) is 0 Å². The maximum atomic E-state index is 11.1. The van der Waals surface area contributed by atoms with Gasteiger partial charge in [0.25, 0.3) is 0 Å². The van der Waals surface area contributed by atoms with Crippen LogP contribution in [0.1, 0.15) is 45.6 Å². The third-order valence-electron chi connectivity index (χ3n) is 4.53. The van der Waals surface area contributed by atoms with E-state index in [9.17, 15) is 4.79 Å². The molecule has 1 saturated heterocycles. The van der Waals surface area contributed by atoms with Gasteiger partial charge in [0.1, 0.15) is 0 Å². The van der Waals surface area contributed by atoms with E-state index in [4.69, 9.17) is 9.47 Å². The first-order valence-electron chi connectivity index (χ1n) is 8.84. The Balaban J connectivity index is 1.92. The van der Waals surface area contributed by atoms with Crippen LogP contribution in [-0.4, -0.2) is 43.2 Å². The minimum atomic E-state index is 0.0649. The molecule has 0 saturated carbocycles. The van der Waals surface area contributed by atoms with Crippen LogP contribution >= 0.6 is 0 Å². The highest BCUT2D eigenvalue weighted by atomic mass is 16.5. The van der Waals surface area contributed by atoms with Gasteiger partial charge in [-0.1, -0.05) is 13.0 Å². The van der Waals surface area contributed by atoms with Crippen molar-refractivity contribution >= 4 is 5.91 Å². The van der Waals surface area contributed by atoms with Crippen LogP contribution in [0.4, 0.5) is 0 Å². The molecule has 1 aromatic carbocycles. The number of benzene rings is 1. The topological polar surface area (TPSA) is 50.8 Å². The van der Waals surface area contributed by atoms with Crippen LogP contribution in [-0.2, 0) is 11.3 Å². The van der Waals surface area contributed by atoms with Gasteiger partial charge in [0, 0.05) is 32.6 Å². The van der Waals surface area contributed by atoms with Crippen LogP contribution < -0.4 is 14.8 Å². The molecule has 1 aromatic rings. The molecule has 1 N–H and O–H groups in total. The second kappa shape index (κ2) is 8.92. The highest BCUT2D eigenvalue weighted by molar-refractivity contribution is 5.73. The zero-order chi connectivity index (χ0) is 17.5. The maximum absolute atomic E-state index is 11.1. The van der Waals surface area contributed by atoms with Gasteiger partial charge in [0.05, 0.1) is 13.2 Å². The number of rotatable bonds is 7. The van der Waals surface area contributed by atoms with E-state index in [1.807, 2.05) is 6.07 Å². The van der Waals surface area contributed by atoms with E-state index in [0.29, 0.717) is 6.04 Å². The van der Waals surface area contributed by atoms with E-state index >= 15 is 0 Å². The monoisotopic (exact) mass is 334 g/mol. The Bertz CT molecular complexity index is 539. The van der Waals surface area contributed by atoms with Crippen molar-refractivity contribution in [3.05, 3.63) is 23.8 Å². The first-order valence-corrected chi connectivity index (χ1v) is 8.84. The van der Waals surface area contributed by atoms with E-state index in [1.165, 1.54) is 5.56 Å². The highest BCUT2D eigenvalue weighted by Gasteiger charge is 2.20. The SMILES string of the molecule is CC[C@H](C)Oc1ccc(CN2CCC(NC(C)=O)CC2)cc1OC. The van der Waals surface area contributed by atoms with Gasteiger partial charge in [-0.15, -0.1) is 0 Å². The van der Waals surface area contributed by atoms with Gasteiger partial charge in [-0.2, -0.15) is 0 Å². The predicted molar refractivity (Wildman–Crippen MR) is 95.5 cm³/mol. The van der Waals surface area contributed by atoms with Crippen LogP contribution in [0.15, 0.2) is 18.2 Å². The zero-order valence-corrected chi connectivity index (χ0v) is 15.3. The molecule has 0 aromatic heterocycles. The Hall–Kier alpha value is -1.75. The molecule has 0 spiro atoms. The standard InChI is InChI=1S/C19H30N2O3/c1-5-14(2)24-18-7-6-16(12-19(18)23-4)13-21-10-8-17(9-11-21)20-15(3)22/h6-7,12,14,17H,5,8-11,13H2,1-4H3,(H,20,22)/t14-/m0/s1. The van der Waals surface area contributed by atoms with Crippen LogP contribution in [0.3, 0.4) is 0 Å². The Morgan fingerprint density at radius 3 is 2.62 bits per heavy atom. The Kier molecular flexibility index (Phi) is 6.91. The molecule has 24 heavy (non-hydrogen) atoms. The molecule has 1 aliphatic heterocycles. The molecule has 0 unspecified atom stereocenters. The third kappa shape index (κ3) is 5.41. The second-order valence-electron chi connectivity index (χ2n) is 6.57. The lowest BCUT2D eigenvalue weighted by Crippen LogP contribution is -2.43. The van der Waals surface area contributed by atoms with E-state index in [1.54, 1.807) is 14.0 Å². The number of likely N-dealkylation sites (tertiary alicyclic amines) is 1. The summed E-state index contributed by atoms with van der Waals surface area (Å²) in [7, 11) is 1.68. The van der Waals surface area contributed by atoms with Gasteiger partial charge >= 0.3 is 0 Å². The molecule has 5 heteroatoms. The fourth-order valence-electron chi connectivity index (χ4n) is 2.99. The van der Waals surface area contributed by atoms with Crippen molar-refractivity contribution in [1.29, 1.82) is 0 Å². The molecule has 1 aliphatic rings. The van der Waals surface area contributed by atoms with Gasteiger partial charge in [0.15, 0.2) is 11.5 Å². The first-order chi connectivity index (χ1) is 11.5. The number of nitrogens with one attached hydrogen (secondary N) is 1. The molecule has 0 radical (unpaired) electrons. The number of amides is 1. The maximum Gasteiger partial charge on any atom is 0.217 e. The number of methoxy groups -OCH3 is 1. The van der Waals surface area contributed by atoms with E-state index in [2.05, 4.69) is 36.2 Å². The molecule has 134 valence electrons. The summed E-state index contributed by atoms with van der Waals surface area (Å²) >= 11 is 0. The Morgan fingerprint density at radius 2 is 2.04 bits per heavy atom. The smallest absolute Gasteiger partial charge is 0.217 e. The number of nitrogens with zero attached hydrogens (tertiary/aromatic N) is 1. The summed E-state index contributed by atoms with van der Waals surface area (Å²) < 4.78 is 11.4. The average Bonchev–Trinajstić information content (AvgIpc) is 2.57. The number of hydrogen-bond donors (Lipinski definition) is 1. The van der Waals surface area contributed by atoms with Gasteiger partial charge < -0.3 is 14.8 Å². The molecular weight excluding hydrogens is 304 g/mol. The van der Waals surface area contributed by atoms with Gasteiger partial charge in [-0.25, -0.2) is 0 Å². The summed E-state index contributed by atoms with van der Waals surface area (Å²) in [6.07, 6.45) is 3.16. The van der Waals surface area contributed by atoms with Gasteiger partial charge in [0.2, 0.25) is 5.91 Å². The van der Waals surface area contributed by atoms with Crippen molar-refractivity contribution < 1.29 is 14.3 Å². The number of ether oxygens (including phenoxy) is 2. The lowest BCUT2D eigenvalue weighted by Gasteiger charge is -2.32. The molecule has 2 rings (SSSR count). The van der Waals surface area contributed by atoms with Crippen molar-refractivity contribution in [1.82, 2.24) is 10.2 Å². The summed E-state index contributed by atoms with van der Waals surface area (Å²) in [5.41, 5.74) is 1.22. The zero-order valence-electron chi connectivity index (χ0n) is 15.3. The van der Waals surface area contributed by atoms with Crippen molar-refractivity contribution in [2.24, 2.45) is 0 Å². The number of carbonyl (C=O) groups is 1. The largest absolute Gasteiger partial charge is 0.493 e. The first kappa shape index (κ1) is 18.6. The van der Waals surface area contributed by atoms with E-state index in [-0.39, 0.29) is 12.0 Å². The third-order valence-corrected chi connectivity index (χ3v) is 4.53. The molecule has 1 atom stereocenters. The second-order valence-corrected chi connectivity index (χ2v) is 6.57. The van der Waals surface area contributed by atoms with E-state index in [0.717, 1.165) is 50.4 Å². The van der Waals surface area contributed by atoms with Crippen molar-refractivity contribution in [3.8, 4) is 11.5 Å². The molecule has 1 amide bonds. The van der Waals surface area contributed by atoms with E-state index < -0.39 is 0 Å². The molecule has 5 nitrogen and oxygen atoms in total. The molecule has 1 fully saturated rings. The van der Waals surface area contributed by atoms with Gasteiger partial charge in [-0.05, 0) is 43.9 Å². The van der Waals surface area contributed by atoms with Crippen molar-refractivity contribution in [2.45, 2.75) is 58.7 Å². The molecule has 0 aliphatic carbocycles. The number of carbonyl (C=O) groups excluding carboxylic acids is 1. The molecule has 0 bridgehead atoms. The normalized spacial score (nSPS) is 17.3. The number of hydrogen-bond acceptors (Lipinski definition) is 4. The highest BCUT2D eigenvalue weighted by Crippen LogP contribution is 2.30. The molecular formula is C19H30N2O3. The van der Waals surface area contributed by atoms with Crippen LogP contribution in [0.25, 0.3) is 0 Å². The lowest BCUT2D eigenvalue weighted by molar-refractivity contribution is -0.119. The minimum absolute atomic E-state index is 0.0649. The Labute approximate surface area is 145 Å². The van der Waals surface area contributed by atoms with Crippen molar-refractivity contribution in [3.63, 3.8) is 0 Å². The van der Waals surface area contributed by atoms with Gasteiger partial charge in [-0.3, -0.25) is 9.69 Å². The van der Waals surface area contributed by atoms with Crippen molar-refractivity contribution in [2.75, 3.05) is 20.2 Å². The average molecular weight is 334 g/mol.